The van der Waals surface area contributed by atoms with Crippen molar-refractivity contribution in [1.29, 1.82) is 0 Å². The molecule has 0 aliphatic rings. The van der Waals surface area contributed by atoms with E-state index in [1.807, 2.05) is 32.9 Å². The largest absolute Gasteiger partial charge is 0.449 e. The van der Waals surface area contributed by atoms with Crippen LogP contribution in [0.3, 0.4) is 0 Å². The number of anilines is 2. The molecule has 2 amide bonds. The molecule has 3 aromatic carbocycles. The molecule has 0 fully saturated rings. The summed E-state index contributed by atoms with van der Waals surface area (Å²) >= 11 is 1.16. The normalized spacial score (nSPS) is 11.5. The zero-order valence-corrected chi connectivity index (χ0v) is 20.8. The van der Waals surface area contributed by atoms with E-state index in [9.17, 15) is 18.8 Å². The summed E-state index contributed by atoms with van der Waals surface area (Å²) in [5.74, 6) is -1.76. The van der Waals surface area contributed by atoms with Crippen molar-refractivity contribution in [2.75, 3.05) is 16.4 Å². The summed E-state index contributed by atoms with van der Waals surface area (Å²) in [5, 5.41) is 5.52. The number of hydrogen-bond donors (Lipinski definition) is 2. The molecule has 6 nitrogen and oxygen atoms in total. The Hall–Kier alpha value is -3.65. The first-order chi connectivity index (χ1) is 16.6. The average molecular weight is 495 g/mol. The van der Waals surface area contributed by atoms with Gasteiger partial charge in [0.1, 0.15) is 5.82 Å². The Balaban J connectivity index is 1.61. The van der Waals surface area contributed by atoms with Gasteiger partial charge in [0.2, 0.25) is 5.91 Å². The Kier molecular flexibility index (Phi) is 8.65. The van der Waals surface area contributed by atoms with E-state index in [1.54, 1.807) is 24.3 Å². The lowest BCUT2D eigenvalue weighted by molar-refractivity contribution is -0.123. The summed E-state index contributed by atoms with van der Waals surface area (Å²) in [7, 11) is 0. The highest BCUT2D eigenvalue weighted by Crippen LogP contribution is 2.25. The number of halogens is 1. The Morgan fingerprint density at radius 3 is 2.23 bits per heavy atom. The molecule has 0 aliphatic heterocycles. The van der Waals surface area contributed by atoms with Crippen LogP contribution in [0, 0.1) is 26.6 Å². The van der Waals surface area contributed by atoms with E-state index in [1.165, 1.54) is 31.2 Å². The van der Waals surface area contributed by atoms with Gasteiger partial charge in [0.25, 0.3) is 5.91 Å². The summed E-state index contributed by atoms with van der Waals surface area (Å²) in [5.41, 5.74) is 4.38. The van der Waals surface area contributed by atoms with Crippen LogP contribution in [0.2, 0.25) is 0 Å². The second-order valence-electron chi connectivity index (χ2n) is 8.15. The summed E-state index contributed by atoms with van der Waals surface area (Å²) < 4.78 is 18.5. The van der Waals surface area contributed by atoms with Gasteiger partial charge in [-0.3, -0.25) is 9.59 Å². The number of thioether (sulfide) groups is 1. The average Bonchev–Trinajstić information content (AvgIpc) is 2.81. The number of nitrogens with one attached hydrogen (secondary N) is 2. The van der Waals surface area contributed by atoms with E-state index in [4.69, 9.17) is 4.74 Å². The molecule has 0 aromatic heterocycles. The molecule has 1 unspecified atom stereocenters. The maximum absolute atomic E-state index is 13.0. The minimum atomic E-state index is -1.03. The van der Waals surface area contributed by atoms with Crippen LogP contribution in [0.4, 0.5) is 15.8 Å². The van der Waals surface area contributed by atoms with Crippen molar-refractivity contribution in [3.8, 4) is 0 Å². The highest BCUT2D eigenvalue weighted by molar-refractivity contribution is 8.00. The van der Waals surface area contributed by atoms with Crippen LogP contribution < -0.4 is 10.6 Å². The number of aryl methyl sites for hydroxylation is 3. The van der Waals surface area contributed by atoms with Crippen molar-refractivity contribution in [2.45, 2.75) is 38.7 Å². The van der Waals surface area contributed by atoms with Crippen molar-refractivity contribution in [3.63, 3.8) is 0 Å². The van der Waals surface area contributed by atoms with Crippen molar-refractivity contribution >= 4 is 40.9 Å². The molecule has 0 saturated carbocycles. The van der Waals surface area contributed by atoms with Crippen LogP contribution in [0.1, 0.15) is 34.0 Å². The number of benzene rings is 3. The SMILES string of the molecule is Cc1cc(C)c(NC(=O)C(C)OC(=O)c2ccccc2SCC(=O)Nc2ccc(F)cc2)c(C)c1. The van der Waals surface area contributed by atoms with Crippen molar-refractivity contribution in [3.05, 3.63) is 88.7 Å². The van der Waals surface area contributed by atoms with Gasteiger partial charge in [0.05, 0.1) is 11.3 Å². The molecule has 8 heteroatoms. The molecule has 1 atom stereocenters. The fourth-order valence-electron chi connectivity index (χ4n) is 3.51. The second-order valence-corrected chi connectivity index (χ2v) is 9.17. The third-order valence-electron chi connectivity index (χ3n) is 5.17. The molecule has 0 radical (unpaired) electrons. The fourth-order valence-corrected chi connectivity index (χ4v) is 4.35. The molecule has 0 saturated heterocycles. The number of hydrogen-bond acceptors (Lipinski definition) is 5. The molecular weight excluding hydrogens is 467 g/mol. The number of carbonyl (C=O) groups excluding carboxylic acids is 3. The van der Waals surface area contributed by atoms with Gasteiger partial charge in [-0.1, -0.05) is 29.8 Å². The van der Waals surface area contributed by atoms with Gasteiger partial charge in [0.15, 0.2) is 6.10 Å². The standard InChI is InChI=1S/C27H27FN2O4S/c1-16-13-17(2)25(18(3)14-16)30-26(32)19(4)34-27(33)22-7-5-6-8-23(22)35-15-24(31)29-21-11-9-20(28)10-12-21/h5-14,19H,15H2,1-4H3,(H,29,31)(H,30,32). The monoisotopic (exact) mass is 494 g/mol. The predicted octanol–water partition coefficient (Wildman–Crippen LogP) is 5.67. The highest BCUT2D eigenvalue weighted by Gasteiger charge is 2.22. The highest BCUT2D eigenvalue weighted by atomic mass is 32.2. The molecule has 3 rings (SSSR count). The zero-order valence-electron chi connectivity index (χ0n) is 20.0. The first kappa shape index (κ1) is 26.0. The van der Waals surface area contributed by atoms with Gasteiger partial charge in [-0.15, -0.1) is 11.8 Å². The minimum Gasteiger partial charge on any atom is -0.449 e. The second kappa shape index (κ2) is 11.7. The van der Waals surface area contributed by atoms with E-state index in [0.29, 0.717) is 16.3 Å². The molecule has 0 heterocycles. The third kappa shape index (κ3) is 7.16. The van der Waals surface area contributed by atoms with E-state index in [2.05, 4.69) is 10.6 Å². The van der Waals surface area contributed by atoms with E-state index in [-0.39, 0.29) is 17.2 Å². The van der Waals surface area contributed by atoms with Crippen LogP contribution in [0.25, 0.3) is 0 Å². The number of carbonyl (C=O) groups is 3. The minimum absolute atomic E-state index is 0.0314. The third-order valence-corrected chi connectivity index (χ3v) is 6.25. The summed E-state index contributed by atoms with van der Waals surface area (Å²) in [6.45, 7) is 7.31. The Morgan fingerprint density at radius 1 is 0.943 bits per heavy atom. The van der Waals surface area contributed by atoms with Crippen LogP contribution in [0.5, 0.6) is 0 Å². The molecular formula is C27H27FN2O4S. The molecule has 0 aliphatic carbocycles. The molecule has 35 heavy (non-hydrogen) atoms. The number of esters is 1. The van der Waals surface area contributed by atoms with Crippen LogP contribution in [0.15, 0.2) is 65.6 Å². The van der Waals surface area contributed by atoms with Crippen molar-refractivity contribution in [1.82, 2.24) is 0 Å². The maximum Gasteiger partial charge on any atom is 0.340 e. The number of rotatable bonds is 8. The summed E-state index contributed by atoms with van der Waals surface area (Å²) in [6.07, 6.45) is -1.03. The topological polar surface area (TPSA) is 84.5 Å². The van der Waals surface area contributed by atoms with Crippen molar-refractivity contribution in [2.24, 2.45) is 0 Å². The van der Waals surface area contributed by atoms with Crippen LogP contribution in [-0.2, 0) is 14.3 Å². The molecule has 3 aromatic rings. The molecule has 182 valence electrons. The van der Waals surface area contributed by atoms with Gasteiger partial charge >= 0.3 is 5.97 Å². The zero-order chi connectivity index (χ0) is 25.5. The van der Waals surface area contributed by atoms with Crippen molar-refractivity contribution < 1.29 is 23.5 Å². The van der Waals surface area contributed by atoms with E-state index in [0.717, 1.165) is 28.5 Å². The van der Waals surface area contributed by atoms with Gasteiger partial charge in [-0.25, -0.2) is 9.18 Å². The Labute approximate surface area is 208 Å². The Morgan fingerprint density at radius 2 is 1.57 bits per heavy atom. The molecule has 0 bridgehead atoms. The molecule has 0 spiro atoms. The van der Waals surface area contributed by atoms with E-state index >= 15 is 0 Å². The van der Waals surface area contributed by atoms with Gasteiger partial charge in [-0.05, 0) is 75.2 Å². The first-order valence-electron chi connectivity index (χ1n) is 11.0. The number of amides is 2. The lowest BCUT2D eigenvalue weighted by Gasteiger charge is -2.17. The summed E-state index contributed by atoms with van der Waals surface area (Å²) in [6, 6.07) is 16.1. The van der Waals surface area contributed by atoms with Gasteiger partial charge < -0.3 is 15.4 Å². The van der Waals surface area contributed by atoms with Gasteiger partial charge in [-0.2, -0.15) is 0 Å². The first-order valence-corrected chi connectivity index (χ1v) is 12.0. The fraction of sp³-hybridized carbons (Fsp3) is 0.222. The van der Waals surface area contributed by atoms with Crippen LogP contribution in [-0.4, -0.2) is 29.6 Å². The maximum atomic E-state index is 13.0. The molecule has 2 N–H and O–H groups in total. The number of ether oxygens (including phenoxy) is 1. The summed E-state index contributed by atoms with van der Waals surface area (Å²) in [4.78, 5) is 38.3. The quantitative estimate of drug-likeness (QED) is 0.312. The lowest BCUT2D eigenvalue weighted by atomic mass is 10.0. The van der Waals surface area contributed by atoms with Gasteiger partial charge in [0, 0.05) is 16.3 Å². The lowest BCUT2D eigenvalue weighted by Crippen LogP contribution is -2.30. The van der Waals surface area contributed by atoms with Crippen LogP contribution >= 0.6 is 11.8 Å². The predicted molar refractivity (Wildman–Crippen MR) is 136 cm³/mol. The smallest absolute Gasteiger partial charge is 0.340 e. The van der Waals surface area contributed by atoms with E-state index < -0.39 is 23.8 Å². The Bertz CT molecular complexity index is 1220.